The second-order valence-electron chi connectivity index (χ2n) is 21.1. The first kappa shape index (κ1) is 46.3. The van der Waals surface area contributed by atoms with Gasteiger partial charge in [-0.1, -0.05) is 39.0 Å². The molecule has 12 atom stereocenters. The number of carbonyl (C=O) groups excluding carboxylic acids is 2. The molecule has 0 aromatic carbocycles. The van der Waals surface area contributed by atoms with Crippen LogP contribution in [0.2, 0.25) is 0 Å². The summed E-state index contributed by atoms with van der Waals surface area (Å²) in [6.07, 6.45) is 7.40. The summed E-state index contributed by atoms with van der Waals surface area (Å²) in [5.41, 5.74) is -1.08. The van der Waals surface area contributed by atoms with Crippen molar-refractivity contribution in [3.63, 3.8) is 0 Å². The van der Waals surface area contributed by atoms with Crippen LogP contribution in [-0.2, 0) is 47.5 Å². The van der Waals surface area contributed by atoms with Gasteiger partial charge in [-0.2, -0.15) is 35.1 Å². The Labute approximate surface area is 362 Å². The lowest BCUT2D eigenvalue weighted by Crippen LogP contribution is -2.56. The number of carbonyl (C=O) groups is 2. The van der Waals surface area contributed by atoms with Crippen LogP contribution in [0.25, 0.3) is 0 Å². The van der Waals surface area contributed by atoms with E-state index in [-0.39, 0.29) is 37.2 Å². The molecule has 18 heteroatoms. The number of ether oxygens (including phenoxy) is 8. The fourth-order valence-corrected chi connectivity index (χ4v) is 13.5. The molecule has 0 amide bonds. The quantitative estimate of drug-likeness (QED) is 0.173. The molecule has 0 aromatic rings. The van der Waals surface area contributed by atoms with E-state index in [1.165, 1.54) is 12.8 Å². The van der Waals surface area contributed by atoms with Gasteiger partial charge in [0.05, 0.1) is 17.9 Å². The van der Waals surface area contributed by atoms with Crippen molar-refractivity contribution in [3.05, 3.63) is 0 Å². The Hall–Kier alpha value is -1.86. The van der Waals surface area contributed by atoms with Gasteiger partial charge in [0.15, 0.2) is 24.5 Å². The Morgan fingerprint density at radius 3 is 1.95 bits per heavy atom. The first-order valence-electron chi connectivity index (χ1n) is 23.4. The Kier molecular flexibility index (Phi) is 12.7. The lowest BCUT2D eigenvalue weighted by molar-refractivity contribution is -0.315. The van der Waals surface area contributed by atoms with Crippen LogP contribution >= 0.6 is 0 Å². The van der Waals surface area contributed by atoms with E-state index < -0.39 is 122 Å². The van der Waals surface area contributed by atoms with E-state index in [0.29, 0.717) is 69.8 Å². The summed E-state index contributed by atoms with van der Waals surface area (Å²) < 4.78 is 162. The molecule has 10 nitrogen and oxygen atoms in total. The maximum Gasteiger partial charge on any atom is 0.335 e. The molecule has 6 aliphatic carbocycles. The summed E-state index contributed by atoms with van der Waals surface area (Å²) in [7, 11) is 0. The molecule has 3 aliphatic heterocycles. The van der Waals surface area contributed by atoms with E-state index >= 15 is 0 Å². The maximum atomic E-state index is 14.5. The van der Waals surface area contributed by atoms with E-state index in [4.69, 9.17) is 37.9 Å². The number of esters is 2. The molecule has 0 aromatic heterocycles. The number of fused-ring (bicyclic) bond motifs is 7. The predicted octanol–water partition coefficient (Wildman–Crippen LogP) is 9.11. The molecular formula is C45H62F8O10. The zero-order valence-corrected chi connectivity index (χ0v) is 35.9. The summed E-state index contributed by atoms with van der Waals surface area (Å²) in [6.45, 7) is -4.40. The van der Waals surface area contributed by atoms with E-state index in [9.17, 15) is 44.7 Å². The van der Waals surface area contributed by atoms with Crippen molar-refractivity contribution < 1.29 is 82.6 Å². The normalized spacial score (nSPS) is 43.4. The number of halogens is 8. The predicted molar refractivity (Wildman–Crippen MR) is 204 cm³/mol. The monoisotopic (exact) mass is 914 g/mol. The minimum atomic E-state index is -4.44. The van der Waals surface area contributed by atoms with Crippen LogP contribution in [-0.4, -0.2) is 106 Å². The highest BCUT2D eigenvalue weighted by Gasteiger charge is 2.65. The molecule has 63 heavy (non-hydrogen) atoms. The first-order chi connectivity index (χ1) is 29.8. The largest absolute Gasteiger partial charge is 0.461 e. The summed E-state index contributed by atoms with van der Waals surface area (Å²) >= 11 is 0. The van der Waals surface area contributed by atoms with Gasteiger partial charge in [-0.15, -0.1) is 0 Å². The van der Waals surface area contributed by atoms with Crippen molar-refractivity contribution in [1.29, 1.82) is 0 Å². The highest BCUT2D eigenvalue weighted by molar-refractivity contribution is 5.77. The molecule has 9 rings (SSSR count). The molecule has 3 heterocycles. The summed E-state index contributed by atoms with van der Waals surface area (Å²) in [6, 6.07) is 0. The summed E-state index contributed by atoms with van der Waals surface area (Å²) in [4.78, 5) is 28.8. The van der Waals surface area contributed by atoms with Crippen LogP contribution in [0.3, 0.4) is 0 Å². The summed E-state index contributed by atoms with van der Waals surface area (Å²) in [5.74, 6) is -22.0. The molecule has 0 N–H and O–H groups in total. The second kappa shape index (κ2) is 17.3. The van der Waals surface area contributed by atoms with Gasteiger partial charge in [-0.25, -0.2) is 0 Å². The van der Waals surface area contributed by atoms with Crippen LogP contribution < -0.4 is 0 Å². The molecule has 0 radical (unpaired) electrons. The number of hydrogen-bond donors (Lipinski definition) is 0. The SMILES string of the molecule is CC1CC2CC(C(=O)OC(COC(=O)C34CCCC(CC(C5OCC(F)(F)C(F)(F)CO5)C3)C4)C3CCOC(C4CC5CCCC(C5)C4)O3)CC(C2)C12OCC(F)(F)C(F)(F)CO2. The van der Waals surface area contributed by atoms with Gasteiger partial charge in [0, 0.05) is 30.1 Å². The van der Waals surface area contributed by atoms with Crippen molar-refractivity contribution in [2.75, 3.05) is 39.6 Å². The smallest absolute Gasteiger partial charge is 0.335 e. The van der Waals surface area contributed by atoms with Gasteiger partial charge >= 0.3 is 35.6 Å². The summed E-state index contributed by atoms with van der Waals surface area (Å²) in [5, 5.41) is 0. The van der Waals surface area contributed by atoms with Crippen LogP contribution in [0.1, 0.15) is 116 Å². The zero-order chi connectivity index (χ0) is 44.6. The Balaban J connectivity index is 0.916. The molecule has 1 spiro atoms. The van der Waals surface area contributed by atoms with Crippen molar-refractivity contribution in [2.24, 2.45) is 58.7 Å². The maximum absolute atomic E-state index is 14.5. The standard InChI is InChI=1S/C45H62F8O10/c1-25-10-29-15-30(17-33(16-29)45(25)60-23-43(50,51)44(52,53)24-61-45)36(54)62-35(34-7-9-56-38(63-34)31-12-26-4-2-5-27(11-26)13-31)20-57-39(55)40-8-3-6-28(18-40)14-32(19-40)37-58-21-41(46,47)42(48,49)22-59-37/h25-35,37-38H,2-24H2,1H3. The van der Waals surface area contributed by atoms with Crippen LogP contribution in [0, 0.1) is 58.7 Å². The van der Waals surface area contributed by atoms with Crippen LogP contribution in [0.5, 0.6) is 0 Å². The van der Waals surface area contributed by atoms with E-state index in [0.717, 1.165) is 32.1 Å². The molecule has 12 unspecified atom stereocenters. The fourth-order valence-electron chi connectivity index (χ4n) is 13.5. The second-order valence-corrected chi connectivity index (χ2v) is 21.1. The van der Waals surface area contributed by atoms with Gasteiger partial charge < -0.3 is 37.9 Å². The third-order valence-corrected chi connectivity index (χ3v) is 16.6. The van der Waals surface area contributed by atoms with Crippen molar-refractivity contribution >= 4 is 11.9 Å². The van der Waals surface area contributed by atoms with Crippen molar-refractivity contribution in [3.8, 4) is 0 Å². The number of hydrogen-bond acceptors (Lipinski definition) is 10. The van der Waals surface area contributed by atoms with Crippen LogP contribution in [0.4, 0.5) is 35.1 Å². The highest BCUT2D eigenvalue weighted by Crippen LogP contribution is 2.56. The molecule has 6 bridgehead atoms. The lowest BCUT2D eigenvalue weighted by atomic mass is 9.58. The minimum Gasteiger partial charge on any atom is -0.461 e. The minimum absolute atomic E-state index is 0.0274. The van der Waals surface area contributed by atoms with E-state index in [1.807, 2.05) is 0 Å². The lowest BCUT2D eigenvalue weighted by Gasteiger charge is -2.53. The molecule has 9 aliphatic rings. The first-order valence-corrected chi connectivity index (χ1v) is 23.4. The van der Waals surface area contributed by atoms with Gasteiger partial charge in [-0.05, 0) is 94.3 Å². The number of alkyl halides is 8. The van der Waals surface area contributed by atoms with Crippen molar-refractivity contribution in [1.82, 2.24) is 0 Å². The molecule has 3 saturated heterocycles. The Morgan fingerprint density at radius 1 is 0.635 bits per heavy atom. The molecule has 6 saturated carbocycles. The van der Waals surface area contributed by atoms with E-state index in [2.05, 4.69) is 0 Å². The van der Waals surface area contributed by atoms with Crippen molar-refractivity contribution in [2.45, 2.75) is 170 Å². The van der Waals surface area contributed by atoms with Crippen LogP contribution in [0.15, 0.2) is 0 Å². The molecule has 9 fully saturated rings. The van der Waals surface area contributed by atoms with Gasteiger partial charge in [0.1, 0.15) is 39.1 Å². The van der Waals surface area contributed by atoms with Gasteiger partial charge in [0.25, 0.3) is 0 Å². The number of rotatable bonds is 8. The van der Waals surface area contributed by atoms with Gasteiger partial charge in [0.2, 0.25) is 0 Å². The molecule has 358 valence electrons. The fraction of sp³-hybridized carbons (Fsp3) is 0.956. The molecular weight excluding hydrogens is 852 g/mol. The highest BCUT2D eigenvalue weighted by atomic mass is 19.3. The van der Waals surface area contributed by atoms with E-state index in [1.54, 1.807) is 6.92 Å². The Morgan fingerprint density at radius 2 is 1.27 bits per heavy atom. The van der Waals surface area contributed by atoms with Gasteiger partial charge in [-0.3, -0.25) is 9.59 Å². The average Bonchev–Trinajstić information content (AvgIpc) is 3.41. The third-order valence-electron chi connectivity index (χ3n) is 16.6. The topological polar surface area (TPSA) is 108 Å². The zero-order valence-electron chi connectivity index (χ0n) is 35.9. The Bertz CT molecular complexity index is 1620. The third kappa shape index (κ3) is 9.02. The average molecular weight is 915 g/mol.